The van der Waals surface area contributed by atoms with Gasteiger partial charge in [0, 0.05) is 6.42 Å². The third kappa shape index (κ3) is 3.93. The summed E-state index contributed by atoms with van der Waals surface area (Å²) in [6.45, 7) is 2.17. The Labute approximate surface area is 172 Å². The summed E-state index contributed by atoms with van der Waals surface area (Å²) in [7, 11) is 0. The smallest absolute Gasteiger partial charge is 0.305 e. The lowest BCUT2D eigenvalue weighted by Gasteiger charge is -2.46. The zero-order chi connectivity index (χ0) is 20.3. The number of rotatable bonds is 5. The molecule has 2 aromatic rings. The Hall–Kier alpha value is -2.62. The number of hydrogen-bond acceptors (Lipinski definition) is 4. The summed E-state index contributed by atoms with van der Waals surface area (Å²) in [5.74, 6) is 0.265. The summed E-state index contributed by atoms with van der Waals surface area (Å²) >= 11 is 0. The van der Waals surface area contributed by atoms with Crippen LogP contribution in [-0.2, 0) is 9.53 Å². The Morgan fingerprint density at radius 2 is 1.83 bits per heavy atom. The molecule has 152 valence electrons. The maximum Gasteiger partial charge on any atom is 0.305 e. The Balaban J connectivity index is 1.66. The van der Waals surface area contributed by atoms with Crippen molar-refractivity contribution in [2.75, 3.05) is 6.61 Å². The fraction of sp³-hybridized carbons (Fsp3) is 0.440. The fourth-order valence-electron chi connectivity index (χ4n) is 4.83. The SMILES string of the molecule is CCOC(=O)CCC1C(=O)c2ccc(-c3ccccc3)cc2OC12CCCCC2. The van der Waals surface area contributed by atoms with Crippen molar-refractivity contribution >= 4 is 11.8 Å². The average molecular weight is 392 g/mol. The van der Waals surface area contributed by atoms with Crippen LogP contribution in [0.1, 0.15) is 62.2 Å². The van der Waals surface area contributed by atoms with E-state index in [1.165, 1.54) is 6.42 Å². The number of carbonyl (C=O) groups is 2. The summed E-state index contributed by atoms with van der Waals surface area (Å²) in [5.41, 5.74) is 2.29. The van der Waals surface area contributed by atoms with Gasteiger partial charge >= 0.3 is 5.97 Å². The standard InChI is InChI=1S/C25H28O4/c1-2-28-23(26)14-13-21-24(27)20-12-11-19(18-9-5-3-6-10-18)17-22(20)29-25(21)15-7-4-8-16-25/h3,5-6,9-12,17,21H,2,4,7-8,13-16H2,1H3. The number of hydrogen-bond donors (Lipinski definition) is 0. The van der Waals surface area contributed by atoms with Crippen molar-refractivity contribution in [1.29, 1.82) is 0 Å². The van der Waals surface area contributed by atoms with Crippen LogP contribution >= 0.6 is 0 Å². The minimum absolute atomic E-state index is 0.108. The van der Waals surface area contributed by atoms with Crippen LogP contribution in [0, 0.1) is 5.92 Å². The number of Topliss-reactive ketones (excluding diaryl/α,β-unsaturated/α-hetero) is 1. The summed E-state index contributed by atoms with van der Waals surface area (Å²) in [6, 6.07) is 16.0. The van der Waals surface area contributed by atoms with Gasteiger partial charge in [0.25, 0.3) is 0 Å². The maximum absolute atomic E-state index is 13.5. The molecule has 4 heteroatoms. The van der Waals surface area contributed by atoms with Gasteiger partial charge in [-0.3, -0.25) is 9.59 Å². The van der Waals surface area contributed by atoms with Crippen LogP contribution in [0.15, 0.2) is 48.5 Å². The number of ketones is 1. The number of fused-ring (bicyclic) bond motifs is 1. The van der Waals surface area contributed by atoms with Crippen LogP contribution in [0.25, 0.3) is 11.1 Å². The molecule has 29 heavy (non-hydrogen) atoms. The number of ether oxygens (including phenoxy) is 2. The van der Waals surface area contributed by atoms with E-state index in [1.54, 1.807) is 6.92 Å². The largest absolute Gasteiger partial charge is 0.486 e. The normalized spacial score (nSPS) is 20.0. The first-order chi connectivity index (χ1) is 14.1. The van der Waals surface area contributed by atoms with E-state index in [9.17, 15) is 9.59 Å². The highest BCUT2D eigenvalue weighted by molar-refractivity contribution is 6.03. The average Bonchev–Trinajstić information content (AvgIpc) is 2.74. The van der Waals surface area contributed by atoms with Gasteiger partial charge in [-0.15, -0.1) is 0 Å². The van der Waals surface area contributed by atoms with Gasteiger partial charge in [0.15, 0.2) is 5.78 Å². The predicted octanol–water partition coefficient (Wildman–Crippen LogP) is 5.59. The highest BCUT2D eigenvalue weighted by atomic mass is 16.5. The van der Waals surface area contributed by atoms with E-state index < -0.39 is 5.60 Å². The zero-order valence-corrected chi connectivity index (χ0v) is 17.0. The third-order valence-electron chi connectivity index (χ3n) is 6.26. The van der Waals surface area contributed by atoms with Crippen molar-refractivity contribution in [3.8, 4) is 16.9 Å². The first kappa shape index (κ1) is 19.7. The molecule has 1 fully saturated rings. The van der Waals surface area contributed by atoms with Crippen molar-refractivity contribution in [3.05, 3.63) is 54.1 Å². The topological polar surface area (TPSA) is 52.6 Å². The molecule has 1 spiro atoms. The zero-order valence-electron chi connectivity index (χ0n) is 17.0. The lowest BCUT2D eigenvalue weighted by Crippen LogP contribution is -2.52. The van der Waals surface area contributed by atoms with Crippen molar-refractivity contribution in [2.45, 2.75) is 57.5 Å². The Bertz CT molecular complexity index is 881. The Morgan fingerprint density at radius 3 is 2.55 bits per heavy atom. The molecule has 4 rings (SSSR count). The van der Waals surface area contributed by atoms with Gasteiger partial charge in [-0.2, -0.15) is 0 Å². The number of carbonyl (C=O) groups excluding carboxylic acids is 2. The van der Waals surface area contributed by atoms with Crippen LogP contribution in [0.4, 0.5) is 0 Å². The van der Waals surface area contributed by atoms with Crippen LogP contribution < -0.4 is 4.74 Å². The van der Waals surface area contributed by atoms with Crippen molar-refractivity contribution < 1.29 is 19.1 Å². The molecule has 0 radical (unpaired) electrons. The van der Waals surface area contributed by atoms with Gasteiger partial charge in [0.2, 0.25) is 0 Å². The fourth-order valence-corrected chi connectivity index (χ4v) is 4.83. The van der Waals surface area contributed by atoms with Crippen molar-refractivity contribution in [3.63, 3.8) is 0 Å². The molecule has 2 aliphatic rings. The summed E-state index contributed by atoms with van der Waals surface area (Å²) in [4.78, 5) is 25.4. The molecule has 1 atom stereocenters. The molecule has 0 amide bonds. The predicted molar refractivity (Wildman–Crippen MR) is 112 cm³/mol. The molecule has 0 aromatic heterocycles. The van der Waals surface area contributed by atoms with E-state index in [4.69, 9.17) is 9.47 Å². The van der Waals surface area contributed by atoms with Gasteiger partial charge < -0.3 is 9.47 Å². The van der Waals surface area contributed by atoms with Gasteiger partial charge in [-0.25, -0.2) is 0 Å². The molecule has 0 bridgehead atoms. The van der Waals surface area contributed by atoms with E-state index in [-0.39, 0.29) is 24.1 Å². The van der Waals surface area contributed by atoms with E-state index in [0.717, 1.165) is 36.8 Å². The van der Waals surface area contributed by atoms with E-state index in [1.807, 2.05) is 36.4 Å². The highest BCUT2D eigenvalue weighted by Crippen LogP contribution is 2.47. The first-order valence-corrected chi connectivity index (χ1v) is 10.7. The molecule has 4 nitrogen and oxygen atoms in total. The molecule has 0 N–H and O–H groups in total. The molecule has 1 aliphatic heterocycles. The molecule has 0 saturated heterocycles. The van der Waals surface area contributed by atoms with E-state index in [2.05, 4.69) is 12.1 Å². The van der Waals surface area contributed by atoms with Gasteiger partial charge in [-0.05, 0) is 62.3 Å². The molecule has 2 aromatic carbocycles. The van der Waals surface area contributed by atoms with Crippen LogP contribution in [0.2, 0.25) is 0 Å². The first-order valence-electron chi connectivity index (χ1n) is 10.7. The van der Waals surface area contributed by atoms with Gasteiger partial charge in [-0.1, -0.05) is 42.8 Å². The van der Waals surface area contributed by atoms with E-state index >= 15 is 0 Å². The molecular formula is C25H28O4. The molecule has 1 aliphatic carbocycles. The second-order valence-corrected chi connectivity index (χ2v) is 8.06. The second-order valence-electron chi connectivity index (χ2n) is 8.06. The van der Waals surface area contributed by atoms with Gasteiger partial charge in [0.1, 0.15) is 11.4 Å². The maximum atomic E-state index is 13.5. The van der Waals surface area contributed by atoms with Crippen molar-refractivity contribution in [1.82, 2.24) is 0 Å². The summed E-state index contributed by atoms with van der Waals surface area (Å²) < 4.78 is 11.7. The van der Waals surface area contributed by atoms with Crippen molar-refractivity contribution in [2.24, 2.45) is 5.92 Å². The van der Waals surface area contributed by atoms with E-state index in [0.29, 0.717) is 24.3 Å². The van der Waals surface area contributed by atoms with Crippen LogP contribution in [0.5, 0.6) is 5.75 Å². The van der Waals surface area contributed by atoms with Gasteiger partial charge in [0.05, 0.1) is 18.1 Å². The lowest BCUT2D eigenvalue weighted by molar-refractivity contribution is -0.143. The summed E-state index contributed by atoms with van der Waals surface area (Å²) in [5, 5.41) is 0. The quantitative estimate of drug-likeness (QED) is 0.622. The minimum Gasteiger partial charge on any atom is -0.486 e. The molecule has 1 heterocycles. The molecule has 1 saturated carbocycles. The number of esters is 1. The minimum atomic E-state index is -0.496. The Morgan fingerprint density at radius 1 is 1.07 bits per heavy atom. The highest BCUT2D eigenvalue weighted by Gasteiger charge is 2.49. The monoisotopic (exact) mass is 392 g/mol. The second kappa shape index (κ2) is 8.40. The van der Waals surface area contributed by atoms with Crippen LogP contribution in [-0.4, -0.2) is 24.0 Å². The van der Waals surface area contributed by atoms with Crippen LogP contribution in [0.3, 0.4) is 0 Å². The molecular weight excluding hydrogens is 364 g/mol. The Kier molecular flexibility index (Phi) is 5.70. The summed E-state index contributed by atoms with van der Waals surface area (Å²) in [6.07, 6.45) is 5.74. The molecule has 1 unspecified atom stereocenters. The lowest BCUT2D eigenvalue weighted by atomic mass is 9.69. The third-order valence-corrected chi connectivity index (χ3v) is 6.26. The number of benzene rings is 2.